The molecular weight excluding hydrogens is 172 g/mol. The van der Waals surface area contributed by atoms with Crippen molar-refractivity contribution in [3.05, 3.63) is 35.9 Å². The monoisotopic (exact) mass is 184 g/mol. The van der Waals surface area contributed by atoms with Crippen molar-refractivity contribution in [1.29, 1.82) is 0 Å². The van der Waals surface area contributed by atoms with Gasteiger partial charge < -0.3 is 4.74 Å². The van der Waals surface area contributed by atoms with Gasteiger partial charge in [0.15, 0.2) is 11.5 Å². The van der Waals surface area contributed by atoms with Crippen LogP contribution < -0.4 is 4.74 Å². The summed E-state index contributed by atoms with van der Waals surface area (Å²) in [5.74, 6) is 2.21. The maximum Gasteiger partial charge on any atom is 0.173 e. The third kappa shape index (κ3) is 1.02. The van der Waals surface area contributed by atoms with E-state index in [1.807, 2.05) is 0 Å². The number of rotatable bonds is 2. The summed E-state index contributed by atoms with van der Waals surface area (Å²) < 4.78 is 5.47. The molecule has 2 aromatic carbocycles. The van der Waals surface area contributed by atoms with Gasteiger partial charge in [0.1, 0.15) is 0 Å². The molecule has 1 aliphatic heterocycles. The molecule has 70 valence electrons. The van der Waals surface area contributed by atoms with Crippen LogP contribution in [0.2, 0.25) is 0 Å². The maximum atomic E-state index is 5.47. The quantitative estimate of drug-likeness (QED) is 0.550. The third-order valence-electron chi connectivity index (χ3n) is 2.74. The molecular formula is C13H12O. The Balaban J connectivity index is 2.31. The van der Waals surface area contributed by atoms with Crippen LogP contribution in [0.15, 0.2) is 30.3 Å². The van der Waals surface area contributed by atoms with Crippen molar-refractivity contribution in [2.45, 2.75) is 19.8 Å². The molecule has 0 fully saturated rings. The topological polar surface area (TPSA) is 12.5 Å². The van der Waals surface area contributed by atoms with Crippen LogP contribution >= 0.6 is 0 Å². The van der Waals surface area contributed by atoms with E-state index in [1.54, 1.807) is 0 Å². The van der Waals surface area contributed by atoms with E-state index in [4.69, 9.17) is 4.74 Å². The van der Waals surface area contributed by atoms with Crippen LogP contribution in [0.4, 0.5) is 0 Å². The lowest BCUT2D eigenvalue weighted by Gasteiger charge is -2.00. The zero-order valence-electron chi connectivity index (χ0n) is 8.21. The van der Waals surface area contributed by atoms with E-state index in [0.29, 0.717) is 0 Å². The number of fused-ring (bicyclic) bond motifs is 2. The smallest absolute Gasteiger partial charge is 0.173 e. The first-order chi connectivity index (χ1) is 6.90. The first kappa shape index (κ1) is 7.86. The Kier molecular flexibility index (Phi) is 1.54. The normalized spacial score (nSPS) is 12.4. The van der Waals surface area contributed by atoms with Gasteiger partial charge in [-0.15, -0.1) is 0 Å². The molecule has 0 aliphatic carbocycles. The Morgan fingerprint density at radius 1 is 1.21 bits per heavy atom. The van der Waals surface area contributed by atoms with Gasteiger partial charge in [-0.1, -0.05) is 37.6 Å². The van der Waals surface area contributed by atoms with E-state index in [2.05, 4.69) is 37.3 Å². The van der Waals surface area contributed by atoms with Crippen molar-refractivity contribution in [2.75, 3.05) is 0 Å². The molecule has 0 saturated heterocycles. The summed E-state index contributed by atoms with van der Waals surface area (Å²) in [6.45, 7) is 2.20. The number of ether oxygens (including phenoxy) is 1. The zero-order valence-corrected chi connectivity index (χ0v) is 8.21. The fourth-order valence-corrected chi connectivity index (χ4v) is 2.05. The number of hydrogen-bond donors (Lipinski definition) is 0. The van der Waals surface area contributed by atoms with Gasteiger partial charge in [0.05, 0.1) is 0 Å². The minimum absolute atomic E-state index is 1.08. The van der Waals surface area contributed by atoms with Crippen LogP contribution in [-0.2, 0) is 6.42 Å². The van der Waals surface area contributed by atoms with Gasteiger partial charge in [-0.3, -0.25) is 0 Å². The SMILES string of the molecule is CCCc1c2c(cc3ccccc13)O2. The third-order valence-corrected chi connectivity index (χ3v) is 2.74. The second-order valence-electron chi connectivity index (χ2n) is 3.76. The highest BCUT2D eigenvalue weighted by molar-refractivity contribution is 5.92. The molecule has 14 heavy (non-hydrogen) atoms. The Morgan fingerprint density at radius 3 is 2.93 bits per heavy atom. The van der Waals surface area contributed by atoms with E-state index in [-0.39, 0.29) is 0 Å². The average molecular weight is 184 g/mol. The van der Waals surface area contributed by atoms with E-state index in [1.165, 1.54) is 22.8 Å². The Morgan fingerprint density at radius 2 is 2.07 bits per heavy atom. The minimum Gasteiger partial charge on any atom is -0.449 e. The molecule has 0 saturated carbocycles. The highest BCUT2D eigenvalue weighted by Crippen LogP contribution is 2.51. The second-order valence-corrected chi connectivity index (χ2v) is 3.76. The van der Waals surface area contributed by atoms with Gasteiger partial charge in [-0.2, -0.15) is 0 Å². The van der Waals surface area contributed by atoms with Gasteiger partial charge in [0.25, 0.3) is 0 Å². The van der Waals surface area contributed by atoms with Gasteiger partial charge in [-0.05, 0) is 23.3 Å². The largest absolute Gasteiger partial charge is 0.449 e. The fourth-order valence-electron chi connectivity index (χ4n) is 2.05. The molecule has 0 unspecified atom stereocenters. The van der Waals surface area contributed by atoms with Crippen LogP contribution in [-0.4, -0.2) is 0 Å². The lowest BCUT2D eigenvalue weighted by molar-refractivity contribution is 0.643. The standard InChI is InChI=1S/C13H12O/c1-2-5-11-10-7-4-3-6-9(10)8-12-13(11)14-12/h3-4,6-8H,2,5H2,1H3. The molecule has 2 aromatic rings. The molecule has 1 heterocycles. The predicted octanol–water partition coefficient (Wildman–Crippen LogP) is 3.90. The Bertz CT molecular complexity index is 500. The molecule has 0 bridgehead atoms. The highest BCUT2D eigenvalue weighted by Gasteiger charge is 2.25. The van der Waals surface area contributed by atoms with Crippen molar-refractivity contribution in [3.8, 4) is 11.5 Å². The van der Waals surface area contributed by atoms with Crippen molar-refractivity contribution < 1.29 is 4.74 Å². The van der Waals surface area contributed by atoms with Crippen molar-refractivity contribution in [3.63, 3.8) is 0 Å². The summed E-state index contributed by atoms with van der Waals surface area (Å²) in [6, 6.07) is 10.6. The number of benzene rings is 2. The van der Waals surface area contributed by atoms with Gasteiger partial charge in [-0.25, -0.2) is 0 Å². The average Bonchev–Trinajstić information content (AvgIpc) is 2.96. The minimum atomic E-state index is 1.08. The Labute approximate surface area is 83.3 Å². The van der Waals surface area contributed by atoms with Gasteiger partial charge in [0.2, 0.25) is 0 Å². The predicted molar refractivity (Wildman–Crippen MR) is 58.0 cm³/mol. The highest BCUT2D eigenvalue weighted by atomic mass is 16.6. The molecule has 3 rings (SSSR count). The summed E-state index contributed by atoms with van der Waals surface area (Å²) in [4.78, 5) is 0. The Hall–Kier alpha value is -1.50. The molecule has 0 spiro atoms. The molecule has 0 amide bonds. The molecule has 0 radical (unpaired) electrons. The molecule has 0 atom stereocenters. The first-order valence-corrected chi connectivity index (χ1v) is 5.12. The van der Waals surface area contributed by atoms with Crippen molar-refractivity contribution >= 4 is 10.8 Å². The number of hydrogen-bond acceptors (Lipinski definition) is 1. The lowest BCUT2D eigenvalue weighted by atomic mass is 10.0. The first-order valence-electron chi connectivity index (χ1n) is 5.12. The maximum absolute atomic E-state index is 5.47. The summed E-state index contributed by atoms with van der Waals surface area (Å²) in [7, 11) is 0. The van der Waals surface area contributed by atoms with Crippen LogP contribution in [0.3, 0.4) is 0 Å². The number of aryl methyl sites for hydroxylation is 1. The van der Waals surface area contributed by atoms with Crippen molar-refractivity contribution in [2.24, 2.45) is 0 Å². The van der Waals surface area contributed by atoms with Crippen LogP contribution in [0.25, 0.3) is 10.8 Å². The lowest BCUT2D eigenvalue weighted by Crippen LogP contribution is -1.82. The van der Waals surface area contributed by atoms with Gasteiger partial charge >= 0.3 is 0 Å². The second kappa shape index (κ2) is 2.74. The van der Waals surface area contributed by atoms with Gasteiger partial charge in [0, 0.05) is 5.56 Å². The molecule has 0 N–H and O–H groups in total. The van der Waals surface area contributed by atoms with E-state index in [0.717, 1.165) is 17.9 Å². The van der Waals surface area contributed by atoms with Crippen LogP contribution in [0, 0.1) is 0 Å². The van der Waals surface area contributed by atoms with E-state index < -0.39 is 0 Å². The molecule has 1 aliphatic rings. The van der Waals surface area contributed by atoms with Crippen LogP contribution in [0.5, 0.6) is 11.5 Å². The molecule has 1 nitrogen and oxygen atoms in total. The van der Waals surface area contributed by atoms with E-state index >= 15 is 0 Å². The summed E-state index contributed by atoms with van der Waals surface area (Å²) in [5, 5.41) is 2.65. The summed E-state index contributed by atoms with van der Waals surface area (Å²) >= 11 is 0. The molecule has 0 aromatic heterocycles. The summed E-state index contributed by atoms with van der Waals surface area (Å²) in [6.07, 6.45) is 2.29. The zero-order chi connectivity index (χ0) is 9.54. The fraction of sp³-hybridized carbons (Fsp3) is 0.231. The van der Waals surface area contributed by atoms with Crippen LogP contribution in [0.1, 0.15) is 18.9 Å². The van der Waals surface area contributed by atoms with E-state index in [9.17, 15) is 0 Å². The molecule has 1 heteroatoms. The summed E-state index contributed by atoms with van der Waals surface area (Å²) in [5.41, 5.74) is 1.39. The van der Waals surface area contributed by atoms with Crippen molar-refractivity contribution in [1.82, 2.24) is 0 Å².